The molecule has 3 heterocycles. The van der Waals surface area contributed by atoms with Gasteiger partial charge in [0.2, 0.25) is 5.91 Å². The summed E-state index contributed by atoms with van der Waals surface area (Å²) in [5.74, 6) is 0.426. The fourth-order valence-corrected chi connectivity index (χ4v) is 4.20. The summed E-state index contributed by atoms with van der Waals surface area (Å²) in [6, 6.07) is 4.33. The third kappa shape index (κ3) is 2.53. The molecule has 1 saturated heterocycles. The quantitative estimate of drug-likeness (QED) is 0.846. The maximum atomic E-state index is 12.2. The van der Waals surface area contributed by atoms with Crippen molar-refractivity contribution >= 4 is 22.4 Å². The van der Waals surface area contributed by atoms with Crippen molar-refractivity contribution in [3.8, 4) is 6.07 Å². The molecule has 5 nitrogen and oxygen atoms in total. The van der Waals surface area contributed by atoms with Crippen LogP contribution in [0.3, 0.4) is 0 Å². The molecule has 0 aromatic carbocycles. The molecule has 2 atom stereocenters. The molecule has 0 unspecified atom stereocenters. The van der Waals surface area contributed by atoms with Gasteiger partial charge in [-0.05, 0) is 30.9 Å². The number of likely N-dealkylation sites (tertiary alicyclic amines) is 1. The van der Waals surface area contributed by atoms with Crippen LogP contribution in [0.1, 0.15) is 44.0 Å². The second kappa shape index (κ2) is 6.03. The van der Waals surface area contributed by atoms with E-state index in [2.05, 4.69) is 41.7 Å². The van der Waals surface area contributed by atoms with E-state index in [0.717, 1.165) is 30.5 Å². The summed E-state index contributed by atoms with van der Waals surface area (Å²) in [5, 5.41) is 9.98. The summed E-state index contributed by atoms with van der Waals surface area (Å²) >= 11 is 0. The number of pyridine rings is 1. The SMILES string of the molecule is CC1=CCc2ncc3ccn([C@H]4CN(C(=O)CC#N)CC[C@H]4C)c3c21. The lowest BCUT2D eigenvalue weighted by molar-refractivity contribution is -0.132. The van der Waals surface area contributed by atoms with Gasteiger partial charge < -0.3 is 9.47 Å². The molecular formula is C20H22N4O. The van der Waals surface area contributed by atoms with Crippen LogP contribution in [-0.4, -0.2) is 33.4 Å². The third-order valence-corrected chi connectivity index (χ3v) is 5.69. The normalized spacial score (nSPS) is 22.6. The Kier molecular flexibility index (Phi) is 3.84. The molecule has 2 aliphatic rings. The van der Waals surface area contributed by atoms with E-state index in [1.54, 1.807) is 0 Å². The van der Waals surface area contributed by atoms with Crippen LogP contribution in [0.15, 0.2) is 24.5 Å². The van der Waals surface area contributed by atoms with Crippen molar-refractivity contribution in [2.24, 2.45) is 5.92 Å². The lowest BCUT2D eigenvalue weighted by Gasteiger charge is -2.38. The molecular weight excluding hydrogens is 312 g/mol. The van der Waals surface area contributed by atoms with Crippen LogP contribution in [0.2, 0.25) is 0 Å². The minimum atomic E-state index is -0.0566. The van der Waals surface area contributed by atoms with Crippen LogP contribution in [0.5, 0.6) is 0 Å². The van der Waals surface area contributed by atoms with Gasteiger partial charge in [-0.2, -0.15) is 5.26 Å². The monoisotopic (exact) mass is 334 g/mol. The predicted octanol–water partition coefficient (Wildman–Crippen LogP) is 3.32. The minimum Gasteiger partial charge on any atom is -0.342 e. The maximum absolute atomic E-state index is 12.2. The summed E-state index contributed by atoms with van der Waals surface area (Å²) in [7, 11) is 0. The van der Waals surface area contributed by atoms with Crippen LogP contribution in [0, 0.1) is 17.2 Å². The van der Waals surface area contributed by atoms with Gasteiger partial charge in [-0.25, -0.2) is 0 Å². The van der Waals surface area contributed by atoms with Crippen LogP contribution in [-0.2, 0) is 11.2 Å². The second-order valence-electron chi connectivity index (χ2n) is 7.21. The first-order valence-electron chi connectivity index (χ1n) is 8.90. The standard InChI is InChI=1S/C20H22N4O/c1-13-6-9-23(18(25)5-8-21)12-17(13)24-10-7-15-11-22-16-4-3-14(2)19(16)20(15)24/h3,7,10-11,13,17H,4-6,9,12H2,1-2H3/t13-,17+/m1/s1. The Morgan fingerprint density at radius 2 is 2.32 bits per heavy atom. The number of aromatic nitrogens is 2. The highest BCUT2D eigenvalue weighted by molar-refractivity contribution is 5.93. The number of hydrogen-bond acceptors (Lipinski definition) is 3. The van der Waals surface area contributed by atoms with E-state index in [1.807, 2.05) is 17.2 Å². The summed E-state index contributed by atoms with van der Waals surface area (Å²) in [4.78, 5) is 18.7. The maximum Gasteiger partial charge on any atom is 0.236 e. The zero-order valence-corrected chi connectivity index (χ0v) is 14.7. The molecule has 0 N–H and O–H groups in total. The van der Waals surface area contributed by atoms with Gasteiger partial charge in [0.1, 0.15) is 6.42 Å². The number of nitrogens with zero attached hydrogens (tertiary/aromatic N) is 4. The molecule has 1 amide bonds. The van der Waals surface area contributed by atoms with Gasteiger partial charge in [-0.1, -0.05) is 13.0 Å². The van der Waals surface area contributed by atoms with E-state index in [1.165, 1.54) is 16.7 Å². The predicted molar refractivity (Wildman–Crippen MR) is 96.7 cm³/mol. The van der Waals surface area contributed by atoms with Gasteiger partial charge >= 0.3 is 0 Å². The summed E-state index contributed by atoms with van der Waals surface area (Å²) in [6.07, 6.45) is 8.16. The summed E-state index contributed by atoms with van der Waals surface area (Å²) < 4.78 is 2.34. The van der Waals surface area contributed by atoms with Crippen LogP contribution < -0.4 is 0 Å². The highest BCUT2D eigenvalue weighted by Crippen LogP contribution is 2.37. The van der Waals surface area contributed by atoms with Crippen molar-refractivity contribution < 1.29 is 4.79 Å². The fraction of sp³-hybridized carbons (Fsp3) is 0.450. The zero-order chi connectivity index (χ0) is 17.6. The number of rotatable bonds is 2. The van der Waals surface area contributed by atoms with Crippen molar-refractivity contribution in [3.63, 3.8) is 0 Å². The topological polar surface area (TPSA) is 61.9 Å². The first-order valence-corrected chi connectivity index (χ1v) is 8.90. The number of amides is 1. The van der Waals surface area contributed by atoms with Crippen molar-refractivity contribution in [3.05, 3.63) is 35.8 Å². The Bertz CT molecular complexity index is 918. The van der Waals surface area contributed by atoms with Gasteiger partial charge in [-0.15, -0.1) is 0 Å². The highest BCUT2D eigenvalue weighted by Gasteiger charge is 2.31. The lowest BCUT2D eigenvalue weighted by Crippen LogP contribution is -2.43. The molecule has 0 bridgehead atoms. The van der Waals surface area contributed by atoms with Gasteiger partial charge in [0.25, 0.3) is 0 Å². The molecule has 2 aromatic rings. The van der Waals surface area contributed by atoms with Crippen molar-refractivity contribution in [2.75, 3.05) is 13.1 Å². The molecule has 25 heavy (non-hydrogen) atoms. The Labute approximate surface area is 147 Å². The second-order valence-corrected chi connectivity index (χ2v) is 7.21. The molecule has 0 radical (unpaired) electrons. The first kappa shape index (κ1) is 15.9. The molecule has 0 spiro atoms. The van der Waals surface area contributed by atoms with E-state index < -0.39 is 0 Å². The highest BCUT2D eigenvalue weighted by atomic mass is 16.2. The Hall–Kier alpha value is -2.61. The van der Waals surface area contributed by atoms with Crippen LogP contribution in [0.4, 0.5) is 0 Å². The summed E-state index contributed by atoms with van der Waals surface area (Å²) in [6.45, 7) is 5.82. The van der Waals surface area contributed by atoms with E-state index in [-0.39, 0.29) is 18.4 Å². The van der Waals surface area contributed by atoms with Crippen LogP contribution >= 0.6 is 0 Å². The van der Waals surface area contributed by atoms with E-state index in [9.17, 15) is 4.79 Å². The molecule has 2 aromatic heterocycles. The zero-order valence-electron chi connectivity index (χ0n) is 14.7. The van der Waals surface area contributed by atoms with Crippen molar-refractivity contribution in [1.29, 1.82) is 5.26 Å². The fourth-order valence-electron chi connectivity index (χ4n) is 4.20. The van der Waals surface area contributed by atoms with Crippen molar-refractivity contribution in [2.45, 2.75) is 39.2 Å². The Balaban J connectivity index is 1.76. The molecule has 1 aliphatic carbocycles. The third-order valence-electron chi connectivity index (χ3n) is 5.69. The van der Waals surface area contributed by atoms with E-state index in [4.69, 9.17) is 5.26 Å². The number of piperidine rings is 1. The van der Waals surface area contributed by atoms with Gasteiger partial charge in [-0.3, -0.25) is 9.78 Å². The number of carbonyl (C=O) groups is 1. The summed E-state index contributed by atoms with van der Waals surface area (Å²) in [5.41, 5.74) is 4.93. The van der Waals surface area contributed by atoms with Gasteiger partial charge in [0, 0.05) is 42.9 Å². The number of carbonyl (C=O) groups excluding carboxylic acids is 1. The molecule has 0 saturated carbocycles. The molecule has 5 heteroatoms. The average Bonchev–Trinajstić information content (AvgIpc) is 3.19. The number of hydrogen-bond donors (Lipinski definition) is 0. The lowest BCUT2D eigenvalue weighted by atomic mass is 9.92. The Morgan fingerprint density at radius 3 is 3.12 bits per heavy atom. The number of nitriles is 1. The Morgan fingerprint density at radius 1 is 1.48 bits per heavy atom. The van der Waals surface area contributed by atoms with Crippen LogP contribution in [0.25, 0.3) is 16.5 Å². The average molecular weight is 334 g/mol. The minimum absolute atomic E-state index is 0.0330. The molecule has 4 rings (SSSR count). The largest absolute Gasteiger partial charge is 0.342 e. The molecule has 1 aliphatic heterocycles. The van der Waals surface area contributed by atoms with E-state index in [0.29, 0.717) is 12.5 Å². The van der Waals surface area contributed by atoms with E-state index >= 15 is 0 Å². The van der Waals surface area contributed by atoms with Gasteiger partial charge in [0.05, 0.1) is 23.3 Å². The number of fused-ring (bicyclic) bond motifs is 3. The first-order chi connectivity index (χ1) is 12.1. The molecule has 1 fully saturated rings. The number of allylic oxidation sites excluding steroid dienone is 2. The van der Waals surface area contributed by atoms with Crippen molar-refractivity contribution in [1.82, 2.24) is 14.5 Å². The smallest absolute Gasteiger partial charge is 0.236 e. The van der Waals surface area contributed by atoms with Gasteiger partial charge in [0.15, 0.2) is 0 Å². The molecule has 128 valence electrons.